The second-order valence-corrected chi connectivity index (χ2v) is 7.45. The SMILES string of the molecule is CN(C)CCOc1ccc2c(c1)OC(C)(C)c1[se]nnc1-2. The number of likely N-dealkylation sites (N-methyl/N-ethyl adjacent to an activating group) is 1. The van der Waals surface area contributed by atoms with Crippen LogP contribution in [0.4, 0.5) is 0 Å². The summed E-state index contributed by atoms with van der Waals surface area (Å²) in [5.74, 6) is 1.66. The molecule has 0 unspecified atom stereocenters. The molecule has 0 N–H and O–H groups in total. The van der Waals surface area contributed by atoms with E-state index in [0.29, 0.717) is 6.61 Å². The summed E-state index contributed by atoms with van der Waals surface area (Å²) in [6.07, 6.45) is 0. The molecule has 6 heteroatoms. The van der Waals surface area contributed by atoms with E-state index in [1.54, 1.807) is 0 Å². The Morgan fingerprint density at radius 2 is 2.14 bits per heavy atom. The Morgan fingerprint density at radius 1 is 1.33 bits per heavy atom. The summed E-state index contributed by atoms with van der Waals surface area (Å²) in [7, 11) is 4.06. The summed E-state index contributed by atoms with van der Waals surface area (Å²) >= 11 is 0.0530. The van der Waals surface area contributed by atoms with E-state index < -0.39 is 0 Å². The Hall–Kier alpha value is -1.36. The van der Waals surface area contributed by atoms with Crippen molar-refractivity contribution in [1.82, 2.24) is 14.1 Å². The van der Waals surface area contributed by atoms with Crippen LogP contribution in [0.15, 0.2) is 18.2 Å². The second kappa shape index (κ2) is 5.44. The third-order valence-corrected chi connectivity index (χ3v) is 5.58. The molecule has 0 amide bonds. The Kier molecular flexibility index (Phi) is 3.78. The molecule has 1 aromatic carbocycles. The Morgan fingerprint density at radius 3 is 2.90 bits per heavy atom. The van der Waals surface area contributed by atoms with Crippen LogP contribution >= 0.6 is 0 Å². The predicted octanol–water partition coefficient (Wildman–Crippen LogP) is 1.77. The predicted molar refractivity (Wildman–Crippen MR) is 82.1 cm³/mol. The van der Waals surface area contributed by atoms with Crippen molar-refractivity contribution >= 4 is 14.7 Å². The molecule has 0 atom stereocenters. The van der Waals surface area contributed by atoms with Crippen molar-refractivity contribution < 1.29 is 9.47 Å². The van der Waals surface area contributed by atoms with Crippen molar-refractivity contribution in [1.29, 1.82) is 0 Å². The zero-order valence-electron chi connectivity index (χ0n) is 12.7. The Balaban J connectivity index is 1.87. The minimum absolute atomic E-state index is 0.0530. The fraction of sp³-hybridized carbons (Fsp3) is 0.467. The molecule has 5 nitrogen and oxygen atoms in total. The maximum absolute atomic E-state index is 6.15. The summed E-state index contributed by atoms with van der Waals surface area (Å²) in [5, 5.41) is 4.31. The first kappa shape index (κ1) is 14.6. The van der Waals surface area contributed by atoms with Gasteiger partial charge in [0, 0.05) is 0 Å². The molecule has 2 heterocycles. The van der Waals surface area contributed by atoms with Gasteiger partial charge in [0.2, 0.25) is 0 Å². The molecule has 1 aliphatic rings. The minimum atomic E-state index is -0.339. The third kappa shape index (κ3) is 2.84. The molecule has 0 radical (unpaired) electrons. The van der Waals surface area contributed by atoms with Gasteiger partial charge >= 0.3 is 130 Å². The van der Waals surface area contributed by atoms with E-state index in [4.69, 9.17) is 9.47 Å². The molecule has 0 aliphatic carbocycles. The molecule has 3 rings (SSSR count). The third-order valence-electron chi connectivity index (χ3n) is 3.42. The molecular formula is C15H19N3O2Se. The van der Waals surface area contributed by atoms with Gasteiger partial charge in [-0.1, -0.05) is 0 Å². The van der Waals surface area contributed by atoms with Gasteiger partial charge in [0.1, 0.15) is 0 Å². The zero-order chi connectivity index (χ0) is 15.0. The molecule has 1 aromatic heterocycles. The van der Waals surface area contributed by atoms with Gasteiger partial charge in [0.05, 0.1) is 0 Å². The molecule has 0 saturated heterocycles. The average Bonchev–Trinajstić information content (AvgIpc) is 2.88. The van der Waals surface area contributed by atoms with Crippen molar-refractivity contribution in [3.8, 4) is 22.8 Å². The summed E-state index contributed by atoms with van der Waals surface area (Å²) in [6, 6.07) is 5.95. The molecule has 0 fully saturated rings. The Bertz CT molecular complexity index is 652. The normalized spacial score (nSPS) is 15.3. The van der Waals surface area contributed by atoms with E-state index in [-0.39, 0.29) is 20.3 Å². The molecule has 21 heavy (non-hydrogen) atoms. The number of hydrogen-bond donors (Lipinski definition) is 0. The number of benzene rings is 1. The van der Waals surface area contributed by atoms with E-state index in [1.807, 2.05) is 32.3 Å². The van der Waals surface area contributed by atoms with Crippen LogP contribution in [0, 0.1) is 0 Å². The summed E-state index contributed by atoms with van der Waals surface area (Å²) in [5.41, 5.74) is 1.67. The van der Waals surface area contributed by atoms with Gasteiger partial charge in [0.15, 0.2) is 0 Å². The molecule has 0 saturated carbocycles. The van der Waals surface area contributed by atoms with Crippen molar-refractivity contribution in [3.63, 3.8) is 0 Å². The van der Waals surface area contributed by atoms with Crippen molar-refractivity contribution in [2.45, 2.75) is 19.4 Å². The van der Waals surface area contributed by atoms with Gasteiger partial charge < -0.3 is 0 Å². The van der Waals surface area contributed by atoms with Crippen LogP contribution in [-0.4, -0.2) is 56.1 Å². The first-order valence-electron chi connectivity index (χ1n) is 6.91. The summed E-state index contributed by atoms with van der Waals surface area (Å²) in [4.78, 5) is 2.09. The summed E-state index contributed by atoms with van der Waals surface area (Å²) in [6.45, 7) is 5.69. The number of aromatic nitrogens is 2. The molecule has 0 bridgehead atoms. The van der Waals surface area contributed by atoms with Crippen LogP contribution in [0.25, 0.3) is 11.3 Å². The topological polar surface area (TPSA) is 47.5 Å². The number of fused-ring (bicyclic) bond motifs is 3. The number of ether oxygens (including phenoxy) is 2. The average molecular weight is 352 g/mol. The van der Waals surface area contributed by atoms with Crippen LogP contribution in [0.1, 0.15) is 18.3 Å². The number of rotatable bonds is 4. The van der Waals surface area contributed by atoms with E-state index in [1.165, 1.54) is 4.44 Å². The van der Waals surface area contributed by atoms with Crippen LogP contribution < -0.4 is 9.47 Å². The van der Waals surface area contributed by atoms with Gasteiger partial charge in [0.25, 0.3) is 0 Å². The van der Waals surface area contributed by atoms with Gasteiger partial charge in [-0.15, -0.1) is 0 Å². The quantitative estimate of drug-likeness (QED) is 0.785. The van der Waals surface area contributed by atoms with E-state index in [2.05, 4.69) is 27.9 Å². The monoisotopic (exact) mass is 353 g/mol. The standard InChI is InChI=1S/C15H19N3O2Se/c1-15(2)14-13(16-17-21-14)11-6-5-10(9-12(11)20-15)19-8-7-18(3)4/h5-6,9H,7-8H2,1-4H3. The Labute approximate surface area is 130 Å². The number of hydrogen-bond acceptors (Lipinski definition) is 5. The van der Waals surface area contributed by atoms with Crippen molar-refractivity contribution in [2.24, 2.45) is 0 Å². The van der Waals surface area contributed by atoms with Crippen molar-refractivity contribution in [2.75, 3.05) is 27.2 Å². The van der Waals surface area contributed by atoms with Crippen molar-refractivity contribution in [3.05, 3.63) is 22.6 Å². The zero-order valence-corrected chi connectivity index (χ0v) is 14.4. The fourth-order valence-electron chi connectivity index (χ4n) is 2.30. The molecule has 112 valence electrons. The molecule has 1 aliphatic heterocycles. The van der Waals surface area contributed by atoms with E-state index in [9.17, 15) is 0 Å². The molecule has 2 aromatic rings. The van der Waals surface area contributed by atoms with Gasteiger partial charge in [-0.3, -0.25) is 0 Å². The molecule has 0 spiro atoms. The van der Waals surface area contributed by atoms with E-state index in [0.717, 1.165) is 29.3 Å². The van der Waals surface area contributed by atoms with Crippen LogP contribution in [-0.2, 0) is 5.60 Å². The van der Waals surface area contributed by atoms with Crippen LogP contribution in [0.3, 0.4) is 0 Å². The van der Waals surface area contributed by atoms with Gasteiger partial charge in [-0.2, -0.15) is 0 Å². The van der Waals surface area contributed by atoms with Crippen LogP contribution in [0.5, 0.6) is 11.5 Å². The second-order valence-electron chi connectivity index (χ2n) is 5.87. The first-order chi connectivity index (χ1) is 9.97. The number of nitrogens with zero attached hydrogens (tertiary/aromatic N) is 3. The van der Waals surface area contributed by atoms with Crippen LogP contribution in [0.2, 0.25) is 0 Å². The van der Waals surface area contributed by atoms with Gasteiger partial charge in [-0.05, 0) is 0 Å². The van der Waals surface area contributed by atoms with E-state index >= 15 is 0 Å². The molecular weight excluding hydrogens is 333 g/mol. The van der Waals surface area contributed by atoms with Gasteiger partial charge in [-0.25, -0.2) is 0 Å². The summed E-state index contributed by atoms with van der Waals surface area (Å²) < 4.78 is 17.3. The first-order valence-corrected chi connectivity index (χ1v) is 8.53. The fourth-order valence-corrected chi connectivity index (χ4v) is 3.78. The maximum atomic E-state index is 6.15.